The Labute approximate surface area is 115 Å². The molecule has 0 bridgehead atoms. The molecule has 6 heteroatoms. The van der Waals surface area contributed by atoms with E-state index in [-0.39, 0.29) is 5.41 Å². The third kappa shape index (κ3) is 2.75. The third-order valence-electron chi connectivity index (χ3n) is 3.56. The van der Waals surface area contributed by atoms with Gasteiger partial charge >= 0.3 is 0 Å². The summed E-state index contributed by atoms with van der Waals surface area (Å²) in [6, 6.07) is 1.76. The number of hydrogen-bond acceptors (Lipinski definition) is 3. The van der Waals surface area contributed by atoms with Crippen LogP contribution in [0.1, 0.15) is 26.7 Å². The molecule has 17 heavy (non-hydrogen) atoms. The lowest BCUT2D eigenvalue weighted by atomic mass is 9.93. The Bertz CT molecular complexity index is 503. The Hall–Kier alpha value is 0.0900. The Morgan fingerprint density at radius 2 is 2.18 bits per heavy atom. The summed E-state index contributed by atoms with van der Waals surface area (Å²) in [6.07, 6.45) is 2.25. The van der Waals surface area contributed by atoms with E-state index >= 15 is 0 Å². The summed E-state index contributed by atoms with van der Waals surface area (Å²) in [5, 5.41) is 1.77. The molecule has 1 aliphatic rings. The van der Waals surface area contributed by atoms with Crippen LogP contribution in [0.3, 0.4) is 0 Å². The number of sulfonamides is 1. The molecule has 1 heterocycles. The normalized spacial score (nSPS) is 18.6. The van der Waals surface area contributed by atoms with Gasteiger partial charge in [0.2, 0.25) is 0 Å². The van der Waals surface area contributed by atoms with Gasteiger partial charge in [0.15, 0.2) is 0 Å². The molecular formula is C11H16BrNO2S2. The van der Waals surface area contributed by atoms with Gasteiger partial charge in [0.1, 0.15) is 4.21 Å². The molecule has 1 saturated carbocycles. The van der Waals surface area contributed by atoms with Crippen molar-refractivity contribution in [3.05, 3.63) is 15.9 Å². The molecule has 3 nitrogen and oxygen atoms in total. The summed E-state index contributed by atoms with van der Waals surface area (Å²) < 4.78 is 27.9. The van der Waals surface area contributed by atoms with Crippen molar-refractivity contribution in [3.8, 4) is 0 Å². The Kier molecular flexibility index (Phi) is 3.69. The van der Waals surface area contributed by atoms with Crippen LogP contribution in [-0.4, -0.2) is 15.0 Å². The van der Waals surface area contributed by atoms with Crippen LogP contribution >= 0.6 is 27.3 Å². The van der Waals surface area contributed by atoms with Crippen LogP contribution in [-0.2, 0) is 10.0 Å². The number of hydrogen-bond donors (Lipinski definition) is 1. The monoisotopic (exact) mass is 337 g/mol. The standard InChI is InChI=1S/C11H16BrNO2S2/c1-8(2)11(4-5-11)7-13-17(14,15)10-9(12)3-6-16-10/h3,6,8,13H,4-5,7H2,1-2H3. The molecule has 0 aliphatic heterocycles. The molecule has 0 spiro atoms. The summed E-state index contributed by atoms with van der Waals surface area (Å²) in [7, 11) is -3.35. The van der Waals surface area contributed by atoms with E-state index in [1.165, 1.54) is 11.3 Å². The lowest BCUT2D eigenvalue weighted by Crippen LogP contribution is -2.32. The molecule has 0 amide bonds. The lowest BCUT2D eigenvalue weighted by Gasteiger charge is -2.19. The van der Waals surface area contributed by atoms with E-state index in [0.717, 1.165) is 12.8 Å². The van der Waals surface area contributed by atoms with Gasteiger partial charge in [-0.15, -0.1) is 11.3 Å². The SMILES string of the molecule is CC(C)C1(CNS(=O)(=O)c2sccc2Br)CC1. The maximum Gasteiger partial charge on any atom is 0.251 e. The topological polar surface area (TPSA) is 46.2 Å². The van der Waals surface area contributed by atoms with Gasteiger partial charge in [-0.25, -0.2) is 13.1 Å². The quantitative estimate of drug-likeness (QED) is 0.896. The molecule has 2 rings (SSSR count). The average Bonchev–Trinajstić information content (AvgIpc) is 2.92. The molecule has 1 fully saturated rings. The first-order chi connectivity index (χ1) is 7.87. The van der Waals surface area contributed by atoms with Crippen molar-refractivity contribution in [2.45, 2.75) is 30.9 Å². The molecule has 1 N–H and O–H groups in total. The maximum atomic E-state index is 12.1. The van der Waals surface area contributed by atoms with Crippen molar-refractivity contribution >= 4 is 37.3 Å². The number of rotatable bonds is 5. The zero-order chi connectivity index (χ0) is 12.7. The maximum absolute atomic E-state index is 12.1. The fourth-order valence-corrected chi connectivity index (χ4v) is 5.41. The van der Waals surface area contributed by atoms with Crippen LogP contribution in [0.2, 0.25) is 0 Å². The summed E-state index contributed by atoms with van der Waals surface area (Å²) in [4.78, 5) is 0. The minimum atomic E-state index is -3.35. The van der Waals surface area contributed by atoms with Gasteiger partial charge in [-0.05, 0) is 51.6 Å². The molecule has 1 aromatic heterocycles. The van der Waals surface area contributed by atoms with E-state index < -0.39 is 10.0 Å². The predicted octanol–water partition coefficient (Wildman–Crippen LogP) is 3.23. The van der Waals surface area contributed by atoms with Crippen molar-refractivity contribution in [1.82, 2.24) is 4.72 Å². The van der Waals surface area contributed by atoms with Crippen LogP contribution in [0.4, 0.5) is 0 Å². The van der Waals surface area contributed by atoms with Crippen molar-refractivity contribution in [2.24, 2.45) is 11.3 Å². The van der Waals surface area contributed by atoms with Crippen LogP contribution in [0.25, 0.3) is 0 Å². The van der Waals surface area contributed by atoms with Crippen LogP contribution in [0, 0.1) is 11.3 Å². The lowest BCUT2D eigenvalue weighted by molar-refractivity contribution is 0.357. The first-order valence-electron chi connectivity index (χ1n) is 5.60. The first-order valence-corrected chi connectivity index (χ1v) is 8.76. The second-order valence-corrected chi connectivity index (χ2v) is 8.63. The Balaban J connectivity index is 2.07. The molecule has 0 atom stereocenters. The highest BCUT2D eigenvalue weighted by Gasteiger charge is 2.45. The van der Waals surface area contributed by atoms with Crippen LogP contribution < -0.4 is 4.72 Å². The van der Waals surface area contributed by atoms with E-state index in [4.69, 9.17) is 0 Å². The van der Waals surface area contributed by atoms with Crippen molar-refractivity contribution in [3.63, 3.8) is 0 Å². The van der Waals surface area contributed by atoms with E-state index in [0.29, 0.717) is 21.1 Å². The van der Waals surface area contributed by atoms with E-state index in [1.54, 1.807) is 11.4 Å². The zero-order valence-corrected chi connectivity index (χ0v) is 13.1. The molecular weight excluding hydrogens is 322 g/mol. The van der Waals surface area contributed by atoms with Gasteiger partial charge in [-0.3, -0.25) is 0 Å². The molecule has 96 valence electrons. The van der Waals surface area contributed by atoms with Crippen molar-refractivity contribution in [1.29, 1.82) is 0 Å². The summed E-state index contributed by atoms with van der Waals surface area (Å²) in [5.41, 5.74) is 0.191. The fraction of sp³-hybridized carbons (Fsp3) is 0.636. The van der Waals surface area contributed by atoms with Gasteiger partial charge in [0.05, 0.1) is 0 Å². The summed E-state index contributed by atoms with van der Waals surface area (Å²) in [5.74, 6) is 0.525. The second-order valence-electron chi connectivity index (χ2n) is 4.90. The van der Waals surface area contributed by atoms with Gasteiger partial charge in [0, 0.05) is 11.0 Å². The minimum absolute atomic E-state index is 0.191. The number of halogens is 1. The smallest absolute Gasteiger partial charge is 0.210 e. The van der Waals surface area contributed by atoms with Gasteiger partial charge in [-0.1, -0.05) is 13.8 Å². The minimum Gasteiger partial charge on any atom is -0.210 e. The highest BCUT2D eigenvalue weighted by atomic mass is 79.9. The fourth-order valence-electron chi connectivity index (χ4n) is 1.89. The molecule has 0 unspecified atom stereocenters. The van der Waals surface area contributed by atoms with E-state index in [1.807, 2.05) is 0 Å². The molecule has 0 saturated heterocycles. The third-order valence-corrected chi connectivity index (χ3v) is 7.63. The van der Waals surface area contributed by atoms with E-state index in [9.17, 15) is 8.42 Å². The summed E-state index contributed by atoms with van der Waals surface area (Å²) >= 11 is 4.50. The molecule has 0 radical (unpaired) electrons. The highest BCUT2D eigenvalue weighted by Crippen LogP contribution is 2.51. The highest BCUT2D eigenvalue weighted by molar-refractivity contribution is 9.10. The Morgan fingerprint density at radius 3 is 2.59 bits per heavy atom. The Morgan fingerprint density at radius 1 is 1.53 bits per heavy atom. The van der Waals surface area contributed by atoms with Crippen molar-refractivity contribution in [2.75, 3.05) is 6.54 Å². The largest absolute Gasteiger partial charge is 0.251 e. The van der Waals surface area contributed by atoms with E-state index in [2.05, 4.69) is 34.5 Å². The number of nitrogens with one attached hydrogen (secondary N) is 1. The summed E-state index contributed by atoms with van der Waals surface area (Å²) in [6.45, 7) is 4.86. The van der Waals surface area contributed by atoms with Crippen molar-refractivity contribution < 1.29 is 8.42 Å². The second kappa shape index (κ2) is 4.64. The van der Waals surface area contributed by atoms with Gasteiger partial charge in [0.25, 0.3) is 10.0 Å². The molecule has 0 aromatic carbocycles. The van der Waals surface area contributed by atoms with Crippen LogP contribution in [0.15, 0.2) is 20.1 Å². The van der Waals surface area contributed by atoms with Gasteiger partial charge < -0.3 is 0 Å². The zero-order valence-electron chi connectivity index (χ0n) is 9.86. The average molecular weight is 338 g/mol. The molecule has 1 aromatic rings. The van der Waals surface area contributed by atoms with Crippen LogP contribution in [0.5, 0.6) is 0 Å². The molecule has 1 aliphatic carbocycles. The van der Waals surface area contributed by atoms with Gasteiger partial charge in [-0.2, -0.15) is 0 Å². The predicted molar refractivity (Wildman–Crippen MR) is 73.7 cm³/mol. The number of thiophene rings is 1. The first kappa shape index (κ1) is 13.5.